The molecule has 1 aliphatic heterocycles. The number of benzene rings is 2. The van der Waals surface area contributed by atoms with E-state index in [4.69, 9.17) is 5.41 Å². The van der Waals surface area contributed by atoms with Gasteiger partial charge in [-0.25, -0.2) is 0 Å². The normalized spacial score (nSPS) is 16.0. The number of aliphatic hydroxyl groups excluding tert-OH is 1. The molecule has 1 amide bonds. The van der Waals surface area contributed by atoms with Crippen molar-refractivity contribution in [3.8, 4) is 0 Å². The number of carbonyl (C=O) groups is 1. The zero-order chi connectivity index (χ0) is 20.4. The van der Waals surface area contributed by atoms with Crippen molar-refractivity contribution in [3.63, 3.8) is 0 Å². The fraction of sp³-hybridized carbons (Fsp3) is 0.250. The van der Waals surface area contributed by atoms with Crippen LogP contribution in [0.5, 0.6) is 0 Å². The maximum absolute atomic E-state index is 13.0. The van der Waals surface area contributed by atoms with Gasteiger partial charge in [0.05, 0.1) is 5.57 Å². The minimum absolute atomic E-state index is 0.0411. The summed E-state index contributed by atoms with van der Waals surface area (Å²) in [5.74, 6) is -0.0208. The van der Waals surface area contributed by atoms with E-state index in [1.807, 2.05) is 31.2 Å². The maximum atomic E-state index is 13.0. The number of hydrogen-bond acceptors (Lipinski definition) is 3. The lowest BCUT2D eigenvalue weighted by atomic mass is 9.89. The summed E-state index contributed by atoms with van der Waals surface area (Å²) in [4.78, 5) is 18.0. The first-order chi connectivity index (χ1) is 14.1. The largest absolute Gasteiger partial charge is 0.506 e. The summed E-state index contributed by atoms with van der Waals surface area (Å²) in [7, 11) is 0. The molecule has 0 radical (unpaired) electrons. The number of hydrogen-bond donors (Lipinski definition) is 3. The fourth-order valence-electron chi connectivity index (χ4n) is 4.09. The molecule has 5 nitrogen and oxygen atoms in total. The lowest BCUT2D eigenvalue weighted by Crippen LogP contribution is -2.39. The molecular weight excluding hydrogens is 362 g/mol. The molecule has 0 unspecified atom stereocenters. The van der Waals surface area contributed by atoms with Crippen LogP contribution in [0.3, 0.4) is 0 Å². The van der Waals surface area contributed by atoms with Crippen LogP contribution in [-0.4, -0.2) is 40.2 Å². The van der Waals surface area contributed by atoms with Gasteiger partial charge in [0.1, 0.15) is 5.76 Å². The second-order valence-electron chi connectivity index (χ2n) is 7.63. The minimum Gasteiger partial charge on any atom is -0.506 e. The van der Waals surface area contributed by atoms with Gasteiger partial charge >= 0.3 is 0 Å². The zero-order valence-electron chi connectivity index (χ0n) is 16.5. The number of rotatable bonds is 4. The molecule has 0 saturated carbocycles. The molecule has 3 N–H and O–H groups in total. The number of fused-ring (bicyclic) bond motifs is 1. The quantitative estimate of drug-likeness (QED) is 0.341. The number of aryl methyl sites for hydroxylation is 1. The van der Waals surface area contributed by atoms with E-state index in [0.717, 1.165) is 30.1 Å². The lowest BCUT2D eigenvalue weighted by molar-refractivity contribution is -0.127. The summed E-state index contributed by atoms with van der Waals surface area (Å²) in [5.41, 5.74) is 4.11. The Morgan fingerprint density at radius 2 is 1.83 bits per heavy atom. The second-order valence-corrected chi connectivity index (χ2v) is 7.63. The van der Waals surface area contributed by atoms with E-state index in [9.17, 15) is 9.90 Å². The highest BCUT2D eigenvalue weighted by Crippen LogP contribution is 2.33. The molecule has 0 spiro atoms. The van der Waals surface area contributed by atoms with E-state index < -0.39 is 0 Å². The van der Waals surface area contributed by atoms with E-state index in [2.05, 4.69) is 23.3 Å². The third kappa shape index (κ3) is 3.68. The van der Waals surface area contributed by atoms with Crippen molar-refractivity contribution in [2.75, 3.05) is 13.1 Å². The summed E-state index contributed by atoms with van der Waals surface area (Å²) in [6.45, 7) is 3.19. The van der Waals surface area contributed by atoms with Gasteiger partial charge in [0.15, 0.2) is 0 Å². The highest BCUT2D eigenvalue weighted by molar-refractivity contribution is 6.16. The first-order valence-electron chi connectivity index (χ1n) is 9.94. The van der Waals surface area contributed by atoms with Crippen molar-refractivity contribution < 1.29 is 9.90 Å². The van der Waals surface area contributed by atoms with Crippen LogP contribution in [0.1, 0.15) is 35.4 Å². The predicted molar refractivity (Wildman–Crippen MR) is 116 cm³/mol. The third-order valence-electron chi connectivity index (χ3n) is 5.80. The number of aromatic nitrogens is 1. The molecule has 1 fully saturated rings. The zero-order valence-corrected chi connectivity index (χ0v) is 16.5. The van der Waals surface area contributed by atoms with E-state index in [-0.39, 0.29) is 17.2 Å². The standard InChI is InChI=1S/C24H25N3O2/c1-16-6-8-18(9-7-16)23(28)20(14-25)24(29)27-12-10-17(11-13-27)21-15-26-22-5-3-2-4-19(21)22/h2-9,14-15,17,25-26,28H,10-13H2,1H3/b23-20+,25-14?. The molecule has 0 bridgehead atoms. The predicted octanol–water partition coefficient (Wildman–Crippen LogP) is 4.80. The number of nitrogens with one attached hydrogen (secondary N) is 2. The molecule has 1 aliphatic rings. The van der Waals surface area contributed by atoms with Crippen LogP contribution >= 0.6 is 0 Å². The average Bonchev–Trinajstić information content (AvgIpc) is 3.19. The first-order valence-corrected chi connectivity index (χ1v) is 9.94. The number of amides is 1. The number of aromatic amines is 1. The van der Waals surface area contributed by atoms with Gasteiger partial charge in [-0.15, -0.1) is 0 Å². The van der Waals surface area contributed by atoms with Crippen LogP contribution in [0, 0.1) is 12.3 Å². The minimum atomic E-state index is -0.282. The summed E-state index contributed by atoms with van der Waals surface area (Å²) in [6.07, 6.45) is 4.77. The third-order valence-corrected chi connectivity index (χ3v) is 5.80. The summed E-state index contributed by atoms with van der Waals surface area (Å²) >= 11 is 0. The van der Waals surface area contributed by atoms with Gasteiger partial charge < -0.3 is 20.4 Å². The molecule has 4 rings (SSSR count). The molecule has 1 saturated heterocycles. The number of nitrogens with zero attached hydrogens (tertiary/aromatic N) is 1. The Labute approximate surface area is 170 Å². The van der Waals surface area contributed by atoms with E-state index in [0.29, 0.717) is 24.6 Å². The Bertz CT molecular complexity index is 1070. The number of likely N-dealkylation sites (tertiary alicyclic amines) is 1. The molecule has 0 atom stereocenters. The van der Waals surface area contributed by atoms with Gasteiger partial charge in [-0.2, -0.15) is 0 Å². The Morgan fingerprint density at radius 1 is 1.14 bits per heavy atom. The van der Waals surface area contributed by atoms with E-state index in [1.165, 1.54) is 10.9 Å². The van der Waals surface area contributed by atoms with Gasteiger partial charge in [-0.3, -0.25) is 4.79 Å². The highest BCUT2D eigenvalue weighted by atomic mass is 16.3. The molecule has 2 heterocycles. The molecule has 5 heteroatoms. The molecule has 1 aromatic heterocycles. The molecule has 148 valence electrons. The number of H-pyrrole nitrogens is 1. The van der Waals surface area contributed by atoms with Crippen molar-refractivity contribution in [1.82, 2.24) is 9.88 Å². The number of piperidine rings is 1. The summed E-state index contributed by atoms with van der Waals surface area (Å²) < 4.78 is 0. The van der Waals surface area contributed by atoms with Crippen LogP contribution in [0.15, 0.2) is 60.3 Å². The molecular formula is C24H25N3O2. The lowest BCUT2D eigenvalue weighted by Gasteiger charge is -2.32. The average molecular weight is 387 g/mol. The Balaban J connectivity index is 1.50. The van der Waals surface area contributed by atoms with Gasteiger partial charge in [0.2, 0.25) is 0 Å². The van der Waals surface area contributed by atoms with E-state index in [1.54, 1.807) is 17.0 Å². The SMILES string of the molecule is Cc1ccc(/C(O)=C(/C=N)C(=O)N2CCC(c3c[nH]c4ccccc34)CC2)cc1. The van der Waals surface area contributed by atoms with Crippen molar-refractivity contribution in [1.29, 1.82) is 5.41 Å². The van der Waals surface area contributed by atoms with Crippen molar-refractivity contribution in [2.24, 2.45) is 0 Å². The first kappa shape index (κ1) is 19.0. The Morgan fingerprint density at radius 3 is 2.52 bits per heavy atom. The number of para-hydroxylation sites is 1. The maximum Gasteiger partial charge on any atom is 0.259 e. The van der Waals surface area contributed by atoms with Crippen LogP contribution in [0.4, 0.5) is 0 Å². The number of carbonyl (C=O) groups excluding carboxylic acids is 1. The van der Waals surface area contributed by atoms with Crippen LogP contribution in [0.25, 0.3) is 16.7 Å². The van der Waals surface area contributed by atoms with Crippen molar-refractivity contribution >= 4 is 28.8 Å². The van der Waals surface area contributed by atoms with Crippen LogP contribution < -0.4 is 0 Å². The smallest absolute Gasteiger partial charge is 0.259 e. The Hall–Kier alpha value is -3.34. The van der Waals surface area contributed by atoms with Crippen LogP contribution in [-0.2, 0) is 4.79 Å². The summed E-state index contributed by atoms with van der Waals surface area (Å²) in [6, 6.07) is 15.6. The van der Waals surface area contributed by atoms with Gasteiger partial charge in [0.25, 0.3) is 5.91 Å². The molecule has 0 aliphatic carbocycles. The van der Waals surface area contributed by atoms with Gasteiger partial charge in [-0.1, -0.05) is 48.0 Å². The van der Waals surface area contributed by atoms with Gasteiger partial charge in [-0.05, 0) is 37.3 Å². The van der Waals surface area contributed by atoms with Crippen molar-refractivity contribution in [2.45, 2.75) is 25.7 Å². The van der Waals surface area contributed by atoms with Crippen LogP contribution in [0.2, 0.25) is 0 Å². The monoisotopic (exact) mass is 387 g/mol. The van der Waals surface area contributed by atoms with Gasteiger partial charge in [0, 0.05) is 42.0 Å². The molecule has 2 aromatic carbocycles. The number of aliphatic hydroxyl groups is 1. The topological polar surface area (TPSA) is 80.2 Å². The fourth-order valence-corrected chi connectivity index (χ4v) is 4.09. The molecule has 3 aromatic rings. The Kier molecular flexibility index (Phi) is 5.21. The molecule has 29 heavy (non-hydrogen) atoms. The van der Waals surface area contributed by atoms with Crippen molar-refractivity contribution in [3.05, 3.63) is 77.0 Å². The second kappa shape index (κ2) is 7.95. The summed E-state index contributed by atoms with van der Waals surface area (Å²) in [5, 5.41) is 19.5. The highest BCUT2D eigenvalue weighted by Gasteiger charge is 2.28. The van der Waals surface area contributed by atoms with E-state index >= 15 is 0 Å².